The predicted molar refractivity (Wildman–Crippen MR) is 156 cm³/mol. The summed E-state index contributed by atoms with van der Waals surface area (Å²) >= 11 is -2.00. The van der Waals surface area contributed by atoms with Crippen LogP contribution in [0.25, 0.3) is 0 Å². The fourth-order valence-corrected chi connectivity index (χ4v) is 5.18. The number of unbranched alkanes of at least 4 members (excludes halogenated alkanes) is 18. The predicted octanol–water partition coefficient (Wildman–Crippen LogP) is 7.66. The van der Waals surface area contributed by atoms with E-state index in [1.165, 1.54) is 128 Å². The molecule has 0 bridgehead atoms. The number of rotatable bonds is 29. The fraction of sp³-hybridized carbons (Fsp3) is 1.00. The second-order valence-corrected chi connectivity index (χ2v) is 12.0. The van der Waals surface area contributed by atoms with Crippen molar-refractivity contribution < 1.29 is 8.76 Å². The molecule has 5 nitrogen and oxygen atoms in total. The molecule has 0 saturated carbocycles. The summed E-state index contributed by atoms with van der Waals surface area (Å²) in [4.78, 5) is -1.02. The summed E-state index contributed by atoms with van der Waals surface area (Å²) in [5, 5.41) is 6.85. The Balaban J connectivity index is 3.57. The van der Waals surface area contributed by atoms with Crippen LogP contribution in [0.1, 0.15) is 155 Å². The van der Waals surface area contributed by atoms with Crippen LogP contribution in [0.5, 0.6) is 0 Å². The van der Waals surface area contributed by atoms with Crippen LogP contribution >= 0.6 is 0 Å². The van der Waals surface area contributed by atoms with Crippen molar-refractivity contribution in [3.8, 4) is 0 Å². The molecule has 0 saturated heterocycles. The van der Waals surface area contributed by atoms with E-state index < -0.39 is 16.0 Å². The van der Waals surface area contributed by atoms with Gasteiger partial charge < -0.3 is 20.9 Å². The van der Waals surface area contributed by atoms with E-state index >= 15 is 0 Å². The molecule has 35 heavy (non-hydrogen) atoms. The van der Waals surface area contributed by atoms with Crippen molar-refractivity contribution in [3.63, 3.8) is 0 Å². The van der Waals surface area contributed by atoms with Crippen LogP contribution in [0.3, 0.4) is 0 Å². The fourth-order valence-electron chi connectivity index (χ4n) is 4.62. The second-order valence-electron chi connectivity index (χ2n) is 10.7. The maximum atomic E-state index is 11.9. The van der Waals surface area contributed by atoms with Gasteiger partial charge in [0.25, 0.3) is 0 Å². The summed E-state index contributed by atoms with van der Waals surface area (Å²) in [5.41, 5.74) is 6.29. The lowest BCUT2D eigenvalue weighted by atomic mass is 10.1. The quantitative estimate of drug-likeness (QED) is 0.0604. The van der Waals surface area contributed by atoms with Crippen molar-refractivity contribution in [1.29, 1.82) is 0 Å². The molecule has 6 heteroatoms. The van der Waals surface area contributed by atoms with Gasteiger partial charge in [-0.15, -0.1) is 0 Å². The van der Waals surface area contributed by atoms with Gasteiger partial charge in [-0.3, -0.25) is 0 Å². The minimum Gasteiger partial charge on any atom is -0.317 e. The van der Waals surface area contributed by atoms with Crippen molar-refractivity contribution in [2.24, 2.45) is 5.73 Å². The Bertz CT molecular complexity index is 422. The zero-order valence-electron chi connectivity index (χ0n) is 23.7. The Morgan fingerprint density at radius 3 is 1.11 bits per heavy atom. The number of nitrogens with one attached hydrogen (secondary N) is 2. The Morgan fingerprint density at radius 2 is 0.829 bits per heavy atom. The zero-order chi connectivity index (χ0) is 25.9. The largest absolute Gasteiger partial charge is 0.317 e. The SMILES string of the molecule is CCCCCCCCCCCCNCCC(N)(CCNCCCCCCCCCCCC)S(=O)O. The van der Waals surface area contributed by atoms with Crippen LogP contribution < -0.4 is 16.4 Å². The van der Waals surface area contributed by atoms with Gasteiger partial charge >= 0.3 is 0 Å². The third-order valence-corrected chi connectivity index (χ3v) is 8.32. The molecular formula is C29H63N3O2S. The highest BCUT2D eigenvalue weighted by atomic mass is 32.2. The molecule has 0 aliphatic carbocycles. The van der Waals surface area contributed by atoms with Crippen LogP contribution in [0.2, 0.25) is 0 Å². The highest BCUT2D eigenvalue weighted by Gasteiger charge is 2.30. The summed E-state index contributed by atoms with van der Waals surface area (Å²) in [5.74, 6) is 0. The van der Waals surface area contributed by atoms with E-state index in [1.54, 1.807) is 0 Å². The molecule has 1 atom stereocenters. The summed E-state index contributed by atoms with van der Waals surface area (Å²) in [6, 6.07) is 0. The van der Waals surface area contributed by atoms with E-state index in [9.17, 15) is 8.76 Å². The highest BCUT2D eigenvalue weighted by molar-refractivity contribution is 7.80. The molecule has 0 aromatic rings. The second kappa shape index (κ2) is 27.0. The van der Waals surface area contributed by atoms with Gasteiger partial charge in [0, 0.05) is 0 Å². The maximum Gasteiger partial charge on any atom is 0.173 e. The van der Waals surface area contributed by atoms with Crippen LogP contribution in [0.15, 0.2) is 0 Å². The highest BCUT2D eigenvalue weighted by Crippen LogP contribution is 2.15. The Labute approximate surface area is 222 Å². The maximum absolute atomic E-state index is 11.9. The standard InChI is InChI=1S/C29H63N3O2S/c1-3-5-7-9-11-13-15-17-19-21-25-31-27-23-29(30,35(33)34)24-28-32-26-22-20-18-16-14-12-10-8-6-4-2/h31-32H,3-28,30H2,1-2H3,(H,33,34). The Kier molecular flexibility index (Phi) is 27.0. The average molecular weight is 518 g/mol. The summed E-state index contributed by atoms with van der Waals surface area (Å²) in [6.45, 7) is 7.89. The van der Waals surface area contributed by atoms with Gasteiger partial charge in [-0.25, -0.2) is 4.21 Å². The molecule has 0 aromatic carbocycles. The first-order valence-electron chi connectivity index (χ1n) is 15.4. The molecule has 1 unspecified atom stereocenters. The van der Waals surface area contributed by atoms with Gasteiger partial charge in [0.1, 0.15) is 4.87 Å². The van der Waals surface area contributed by atoms with E-state index in [1.807, 2.05) is 0 Å². The van der Waals surface area contributed by atoms with Gasteiger partial charge in [-0.1, -0.05) is 129 Å². The zero-order valence-corrected chi connectivity index (χ0v) is 24.5. The topological polar surface area (TPSA) is 87.4 Å². The molecule has 0 heterocycles. The van der Waals surface area contributed by atoms with E-state index in [0.29, 0.717) is 25.9 Å². The molecule has 0 rings (SSSR count). The molecule has 0 radical (unpaired) electrons. The summed E-state index contributed by atoms with van der Waals surface area (Å²) < 4.78 is 21.6. The van der Waals surface area contributed by atoms with Crippen molar-refractivity contribution in [1.82, 2.24) is 10.6 Å². The number of hydrogen-bond donors (Lipinski definition) is 4. The third kappa shape index (κ3) is 24.1. The molecule has 0 aliphatic rings. The van der Waals surface area contributed by atoms with Crippen molar-refractivity contribution >= 4 is 11.1 Å². The van der Waals surface area contributed by atoms with Crippen molar-refractivity contribution in [2.45, 2.75) is 160 Å². The number of hydrogen-bond acceptors (Lipinski definition) is 4. The van der Waals surface area contributed by atoms with Gasteiger partial charge in [-0.05, 0) is 51.9 Å². The summed E-state index contributed by atoms with van der Waals surface area (Å²) in [7, 11) is 0. The van der Waals surface area contributed by atoms with Crippen LogP contribution in [0.4, 0.5) is 0 Å². The van der Waals surface area contributed by atoms with E-state index in [0.717, 1.165) is 13.1 Å². The van der Waals surface area contributed by atoms with E-state index in [4.69, 9.17) is 5.73 Å². The van der Waals surface area contributed by atoms with Gasteiger partial charge in [0.2, 0.25) is 0 Å². The molecule has 0 fully saturated rings. The number of nitrogens with two attached hydrogens (primary N) is 1. The molecule has 5 N–H and O–H groups in total. The normalized spacial score (nSPS) is 12.9. The van der Waals surface area contributed by atoms with E-state index in [2.05, 4.69) is 24.5 Å². The Morgan fingerprint density at radius 1 is 0.543 bits per heavy atom. The van der Waals surface area contributed by atoms with Crippen LogP contribution in [-0.4, -0.2) is 39.8 Å². The monoisotopic (exact) mass is 517 g/mol. The smallest absolute Gasteiger partial charge is 0.173 e. The molecular weight excluding hydrogens is 454 g/mol. The van der Waals surface area contributed by atoms with E-state index in [-0.39, 0.29) is 0 Å². The van der Waals surface area contributed by atoms with Gasteiger partial charge in [0.05, 0.1) is 0 Å². The lowest BCUT2D eigenvalue weighted by Gasteiger charge is -2.26. The molecule has 0 aliphatic heterocycles. The molecule has 0 amide bonds. The molecule has 0 aromatic heterocycles. The molecule has 0 spiro atoms. The lowest BCUT2D eigenvalue weighted by molar-refractivity contribution is 0.421. The van der Waals surface area contributed by atoms with Gasteiger partial charge in [0.15, 0.2) is 11.1 Å². The van der Waals surface area contributed by atoms with Gasteiger partial charge in [-0.2, -0.15) is 0 Å². The Hall–Kier alpha value is -0.0100. The minimum atomic E-state index is -2.00. The third-order valence-electron chi connectivity index (χ3n) is 7.21. The van der Waals surface area contributed by atoms with Crippen LogP contribution in [-0.2, 0) is 11.1 Å². The first-order chi connectivity index (χ1) is 17.1. The summed E-state index contributed by atoms with van der Waals surface area (Å²) in [6.07, 6.45) is 27.9. The first kappa shape index (κ1) is 35.0. The van der Waals surface area contributed by atoms with Crippen molar-refractivity contribution in [2.75, 3.05) is 26.2 Å². The minimum absolute atomic E-state index is 0.536. The first-order valence-corrected chi connectivity index (χ1v) is 16.5. The molecule has 212 valence electrons. The lowest BCUT2D eigenvalue weighted by Crippen LogP contribution is -2.48. The average Bonchev–Trinajstić information content (AvgIpc) is 2.84. The van der Waals surface area contributed by atoms with Crippen molar-refractivity contribution in [3.05, 3.63) is 0 Å². The van der Waals surface area contributed by atoms with Crippen LogP contribution in [0, 0.1) is 0 Å².